The maximum absolute atomic E-state index is 12.9. The first kappa shape index (κ1) is 19.5. The average molecular weight is 377 g/mol. The third kappa shape index (κ3) is 4.34. The van der Waals surface area contributed by atoms with Crippen LogP contribution in [0.3, 0.4) is 0 Å². The quantitative estimate of drug-likeness (QED) is 0.662. The second-order valence-electron chi connectivity index (χ2n) is 6.78. The first-order valence-corrected chi connectivity index (χ1v) is 9.20. The first-order chi connectivity index (χ1) is 13.5. The molecule has 2 heterocycles. The van der Waals surface area contributed by atoms with Gasteiger partial charge in [0.25, 0.3) is 5.91 Å². The molecule has 144 valence electrons. The molecule has 0 bridgehead atoms. The summed E-state index contributed by atoms with van der Waals surface area (Å²) in [6.07, 6.45) is 1.81. The fourth-order valence-electron chi connectivity index (χ4n) is 2.91. The van der Waals surface area contributed by atoms with Crippen LogP contribution in [0, 0.1) is 0 Å². The Morgan fingerprint density at radius 1 is 1.11 bits per heavy atom. The van der Waals surface area contributed by atoms with Crippen LogP contribution in [0.1, 0.15) is 42.1 Å². The number of ether oxygens (including phenoxy) is 1. The van der Waals surface area contributed by atoms with Gasteiger partial charge in [-0.1, -0.05) is 26.0 Å². The molecule has 0 aliphatic carbocycles. The maximum Gasteiger partial charge on any atom is 0.307 e. The molecular weight excluding hydrogens is 354 g/mol. The van der Waals surface area contributed by atoms with E-state index in [1.807, 2.05) is 36.4 Å². The van der Waals surface area contributed by atoms with Gasteiger partial charge in [0.1, 0.15) is 0 Å². The maximum atomic E-state index is 12.9. The zero-order valence-electron chi connectivity index (χ0n) is 16.2. The zero-order valence-corrected chi connectivity index (χ0v) is 16.2. The molecule has 1 amide bonds. The third-order valence-electron chi connectivity index (χ3n) is 4.51. The van der Waals surface area contributed by atoms with Gasteiger partial charge in [0.15, 0.2) is 0 Å². The van der Waals surface area contributed by atoms with Gasteiger partial charge in [-0.2, -0.15) is 0 Å². The molecule has 2 aromatic heterocycles. The summed E-state index contributed by atoms with van der Waals surface area (Å²) >= 11 is 0. The summed E-state index contributed by atoms with van der Waals surface area (Å²) in [5.41, 5.74) is 3.69. The number of carbonyl (C=O) groups is 2. The summed E-state index contributed by atoms with van der Waals surface area (Å²) in [5.74, 6) is -0.291. The van der Waals surface area contributed by atoms with Gasteiger partial charge < -0.3 is 10.1 Å². The van der Waals surface area contributed by atoms with Gasteiger partial charge in [0.05, 0.1) is 36.0 Å². The van der Waals surface area contributed by atoms with Gasteiger partial charge in [-0.15, -0.1) is 0 Å². The van der Waals surface area contributed by atoms with E-state index in [2.05, 4.69) is 28.9 Å². The molecule has 6 heteroatoms. The molecule has 0 unspecified atom stereocenters. The fraction of sp³-hybridized carbons (Fsp3) is 0.273. The number of hydrogen-bond donors (Lipinski definition) is 1. The van der Waals surface area contributed by atoms with E-state index in [0.717, 1.165) is 16.5 Å². The lowest BCUT2D eigenvalue weighted by Gasteiger charge is -2.13. The van der Waals surface area contributed by atoms with Gasteiger partial charge >= 0.3 is 5.97 Å². The smallest absolute Gasteiger partial charge is 0.307 e. The number of amides is 1. The molecule has 0 saturated carbocycles. The molecular formula is C22H23N3O3. The molecule has 0 saturated heterocycles. The van der Waals surface area contributed by atoms with Gasteiger partial charge in [0.2, 0.25) is 0 Å². The number of benzene rings is 1. The second kappa shape index (κ2) is 8.61. The van der Waals surface area contributed by atoms with Crippen LogP contribution in [-0.2, 0) is 9.53 Å². The highest BCUT2D eigenvalue weighted by Crippen LogP contribution is 2.27. The largest absolute Gasteiger partial charge is 0.469 e. The van der Waals surface area contributed by atoms with Crippen molar-refractivity contribution in [3.05, 3.63) is 59.8 Å². The Labute approximate surface area is 164 Å². The summed E-state index contributed by atoms with van der Waals surface area (Å²) < 4.78 is 4.62. The van der Waals surface area contributed by atoms with E-state index in [4.69, 9.17) is 4.98 Å². The van der Waals surface area contributed by atoms with Crippen molar-refractivity contribution in [3.63, 3.8) is 0 Å². The molecule has 28 heavy (non-hydrogen) atoms. The van der Waals surface area contributed by atoms with E-state index < -0.39 is 0 Å². The molecule has 3 rings (SSSR count). The van der Waals surface area contributed by atoms with Gasteiger partial charge in [-0.05, 0) is 41.8 Å². The van der Waals surface area contributed by atoms with Crippen LogP contribution < -0.4 is 5.32 Å². The van der Waals surface area contributed by atoms with E-state index in [1.165, 1.54) is 7.11 Å². The monoisotopic (exact) mass is 377 g/mol. The number of rotatable bonds is 6. The Hall–Kier alpha value is -3.28. The van der Waals surface area contributed by atoms with Crippen LogP contribution in [-0.4, -0.2) is 35.5 Å². The molecule has 1 aromatic carbocycles. The molecule has 0 fully saturated rings. The highest BCUT2D eigenvalue weighted by molar-refractivity contribution is 6.07. The molecule has 0 spiro atoms. The molecule has 0 radical (unpaired) electrons. The van der Waals surface area contributed by atoms with Crippen molar-refractivity contribution in [3.8, 4) is 11.4 Å². The number of esters is 1. The number of pyridine rings is 2. The van der Waals surface area contributed by atoms with Crippen LogP contribution in [0.4, 0.5) is 0 Å². The number of hydrogen-bond acceptors (Lipinski definition) is 5. The Bertz CT molecular complexity index is 1000. The molecule has 3 aromatic rings. The van der Waals surface area contributed by atoms with Crippen LogP contribution in [0.15, 0.2) is 48.7 Å². The van der Waals surface area contributed by atoms with E-state index in [0.29, 0.717) is 22.9 Å². The lowest BCUT2D eigenvalue weighted by molar-refractivity contribution is -0.140. The molecule has 1 N–H and O–H groups in total. The van der Waals surface area contributed by atoms with Crippen LogP contribution in [0.2, 0.25) is 0 Å². The van der Waals surface area contributed by atoms with E-state index >= 15 is 0 Å². The van der Waals surface area contributed by atoms with E-state index in [1.54, 1.807) is 12.3 Å². The Balaban J connectivity index is 2.04. The van der Waals surface area contributed by atoms with Crippen molar-refractivity contribution in [2.24, 2.45) is 0 Å². The van der Waals surface area contributed by atoms with E-state index in [9.17, 15) is 9.59 Å². The molecule has 6 nitrogen and oxygen atoms in total. The number of nitrogens with one attached hydrogen (secondary N) is 1. The Morgan fingerprint density at radius 2 is 1.93 bits per heavy atom. The minimum absolute atomic E-state index is 0.121. The van der Waals surface area contributed by atoms with Crippen molar-refractivity contribution in [2.75, 3.05) is 13.7 Å². The van der Waals surface area contributed by atoms with Crippen molar-refractivity contribution in [1.29, 1.82) is 0 Å². The number of methoxy groups -OCH3 is 1. The van der Waals surface area contributed by atoms with Gasteiger partial charge in [-0.3, -0.25) is 14.6 Å². The number of carbonyl (C=O) groups excluding carboxylic acids is 2. The predicted molar refractivity (Wildman–Crippen MR) is 108 cm³/mol. The second-order valence-corrected chi connectivity index (χ2v) is 6.78. The van der Waals surface area contributed by atoms with Crippen molar-refractivity contribution in [1.82, 2.24) is 15.3 Å². The number of fused-ring (bicyclic) bond motifs is 1. The van der Waals surface area contributed by atoms with Crippen molar-refractivity contribution >= 4 is 22.8 Å². The lowest BCUT2D eigenvalue weighted by atomic mass is 9.98. The Kier molecular flexibility index (Phi) is 5.99. The standard InChI is InChI=1S/C22H23N3O3/c1-14(2)15-7-8-18-16(12-15)17(22(27)24-11-9-21(26)28-3)13-20(25-18)19-6-4-5-10-23-19/h4-8,10,12-14H,9,11H2,1-3H3,(H,24,27). The summed E-state index contributed by atoms with van der Waals surface area (Å²) in [6, 6.07) is 13.3. The topological polar surface area (TPSA) is 81.2 Å². The minimum Gasteiger partial charge on any atom is -0.469 e. The summed E-state index contributed by atoms with van der Waals surface area (Å²) in [6.45, 7) is 4.41. The van der Waals surface area contributed by atoms with Gasteiger partial charge in [-0.25, -0.2) is 4.98 Å². The normalized spacial score (nSPS) is 10.9. The molecule has 0 atom stereocenters. The van der Waals surface area contributed by atoms with Crippen LogP contribution in [0.25, 0.3) is 22.3 Å². The minimum atomic E-state index is -0.365. The van der Waals surface area contributed by atoms with Crippen LogP contribution >= 0.6 is 0 Å². The highest BCUT2D eigenvalue weighted by atomic mass is 16.5. The highest BCUT2D eigenvalue weighted by Gasteiger charge is 2.16. The van der Waals surface area contributed by atoms with Crippen molar-refractivity contribution in [2.45, 2.75) is 26.2 Å². The SMILES string of the molecule is COC(=O)CCNC(=O)c1cc(-c2ccccn2)nc2ccc(C(C)C)cc12. The molecule has 0 aliphatic heterocycles. The lowest BCUT2D eigenvalue weighted by Crippen LogP contribution is -2.26. The summed E-state index contributed by atoms with van der Waals surface area (Å²) in [5, 5.41) is 3.57. The van der Waals surface area contributed by atoms with Gasteiger partial charge in [0, 0.05) is 18.1 Å². The third-order valence-corrected chi connectivity index (χ3v) is 4.51. The summed E-state index contributed by atoms with van der Waals surface area (Å²) in [4.78, 5) is 33.2. The fourth-order valence-corrected chi connectivity index (χ4v) is 2.91. The van der Waals surface area contributed by atoms with Crippen LogP contribution in [0.5, 0.6) is 0 Å². The zero-order chi connectivity index (χ0) is 20.1. The molecule has 0 aliphatic rings. The predicted octanol–water partition coefficient (Wildman–Crippen LogP) is 3.71. The summed E-state index contributed by atoms with van der Waals surface area (Å²) in [7, 11) is 1.33. The van der Waals surface area contributed by atoms with E-state index in [-0.39, 0.29) is 24.8 Å². The number of nitrogens with zero attached hydrogens (tertiary/aromatic N) is 2. The van der Waals surface area contributed by atoms with Crippen molar-refractivity contribution < 1.29 is 14.3 Å². The average Bonchev–Trinajstić information content (AvgIpc) is 2.72. The first-order valence-electron chi connectivity index (χ1n) is 9.20. The number of aromatic nitrogens is 2. The Morgan fingerprint density at radius 3 is 2.61 bits per heavy atom.